The van der Waals surface area contributed by atoms with Gasteiger partial charge in [0, 0.05) is 43.9 Å². The molecule has 0 saturated carbocycles. The summed E-state index contributed by atoms with van der Waals surface area (Å²) in [6.07, 6.45) is 0.714. The molecule has 0 spiro atoms. The van der Waals surface area contributed by atoms with Crippen molar-refractivity contribution >= 4 is 17.8 Å². The van der Waals surface area contributed by atoms with E-state index in [-0.39, 0.29) is 12.6 Å². The van der Waals surface area contributed by atoms with E-state index in [4.69, 9.17) is 14.5 Å². The van der Waals surface area contributed by atoms with Gasteiger partial charge in [-0.3, -0.25) is 4.79 Å². The molecule has 1 fully saturated rings. The average molecular weight is 442 g/mol. The summed E-state index contributed by atoms with van der Waals surface area (Å²) >= 11 is 0. The molecular formula is C23H31N5O4. The number of hydrogen-bond acceptors (Lipinski definition) is 7. The fourth-order valence-corrected chi connectivity index (χ4v) is 3.73. The Morgan fingerprint density at radius 2 is 1.75 bits per heavy atom. The zero-order valence-corrected chi connectivity index (χ0v) is 19.2. The van der Waals surface area contributed by atoms with Crippen molar-refractivity contribution in [3.05, 3.63) is 46.9 Å². The highest BCUT2D eigenvalue weighted by atomic mass is 16.5. The van der Waals surface area contributed by atoms with E-state index in [0.717, 1.165) is 34.2 Å². The first-order valence-electron chi connectivity index (χ1n) is 10.8. The molecule has 2 amide bonds. The van der Waals surface area contributed by atoms with Crippen molar-refractivity contribution < 1.29 is 19.1 Å². The quantitative estimate of drug-likeness (QED) is 0.657. The van der Waals surface area contributed by atoms with Crippen LogP contribution >= 0.6 is 0 Å². The minimum absolute atomic E-state index is 0.122. The lowest BCUT2D eigenvalue weighted by Gasteiger charge is -2.36. The summed E-state index contributed by atoms with van der Waals surface area (Å²) in [4.78, 5) is 37.1. The van der Waals surface area contributed by atoms with Crippen LogP contribution in [-0.2, 0) is 16.0 Å². The van der Waals surface area contributed by atoms with Gasteiger partial charge in [-0.15, -0.1) is 0 Å². The summed E-state index contributed by atoms with van der Waals surface area (Å²) in [7, 11) is 1.65. The maximum atomic E-state index is 12.4. The van der Waals surface area contributed by atoms with Crippen LogP contribution in [0.15, 0.2) is 24.3 Å². The van der Waals surface area contributed by atoms with Crippen LogP contribution in [0.1, 0.15) is 29.6 Å². The lowest BCUT2D eigenvalue weighted by Crippen LogP contribution is -2.53. The number of urea groups is 1. The van der Waals surface area contributed by atoms with Gasteiger partial charge in [0.25, 0.3) is 0 Å². The number of aromatic nitrogens is 2. The van der Waals surface area contributed by atoms with E-state index in [2.05, 4.69) is 15.2 Å². The van der Waals surface area contributed by atoms with Gasteiger partial charge in [-0.2, -0.15) is 0 Å². The Kier molecular flexibility index (Phi) is 7.86. The fourth-order valence-electron chi connectivity index (χ4n) is 3.73. The SMILES string of the molecule is CCOC(=O)CNC(=O)N1CCN(c2nc(C)nc(C)c2Cc2ccc(OC)cc2)CC1. The normalized spacial score (nSPS) is 13.6. The van der Waals surface area contributed by atoms with E-state index in [1.54, 1.807) is 18.9 Å². The maximum absolute atomic E-state index is 12.4. The van der Waals surface area contributed by atoms with Gasteiger partial charge in [0.15, 0.2) is 0 Å². The summed E-state index contributed by atoms with van der Waals surface area (Å²) in [5, 5.41) is 2.62. The third-order valence-corrected chi connectivity index (χ3v) is 5.40. The van der Waals surface area contributed by atoms with Crippen molar-refractivity contribution in [1.29, 1.82) is 0 Å². The molecule has 1 aromatic heterocycles. The fraction of sp³-hybridized carbons (Fsp3) is 0.478. The molecule has 0 unspecified atom stereocenters. The number of anilines is 1. The number of esters is 1. The Labute approximate surface area is 188 Å². The van der Waals surface area contributed by atoms with Gasteiger partial charge in [0.2, 0.25) is 0 Å². The average Bonchev–Trinajstić information content (AvgIpc) is 2.80. The van der Waals surface area contributed by atoms with Crippen LogP contribution in [0, 0.1) is 13.8 Å². The molecule has 1 aromatic carbocycles. The number of ether oxygens (including phenoxy) is 2. The van der Waals surface area contributed by atoms with Gasteiger partial charge < -0.3 is 24.6 Å². The maximum Gasteiger partial charge on any atom is 0.325 e. The van der Waals surface area contributed by atoms with Crippen molar-refractivity contribution in [2.45, 2.75) is 27.2 Å². The smallest absolute Gasteiger partial charge is 0.325 e. The molecule has 1 aliphatic heterocycles. The van der Waals surface area contributed by atoms with Crippen LogP contribution in [0.2, 0.25) is 0 Å². The van der Waals surface area contributed by atoms with Crippen molar-refractivity contribution in [1.82, 2.24) is 20.2 Å². The molecule has 9 heteroatoms. The van der Waals surface area contributed by atoms with E-state index in [9.17, 15) is 9.59 Å². The number of methoxy groups -OCH3 is 1. The van der Waals surface area contributed by atoms with Gasteiger partial charge in [-0.25, -0.2) is 14.8 Å². The van der Waals surface area contributed by atoms with Gasteiger partial charge in [-0.1, -0.05) is 12.1 Å². The summed E-state index contributed by atoms with van der Waals surface area (Å²) in [5.74, 6) is 2.03. The van der Waals surface area contributed by atoms with E-state index < -0.39 is 5.97 Å². The molecule has 172 valence electrons. The first-order valence-corrected chi connectivity index (χ1v) is 10.8. The Morgan fingerprint density at radius 1 is 1.06 bits per heavy atom. The molecule has 1 N–H and O–H groups in total. The first-order chi connectivity index (χ1) is 15.4. The van der Waals surface area contributed by atoms with Crippen LogP contribution in [0.4, 0.5) is 10.6 Å². The molecule has 2 heterocycles. The molecular weight excluding hydrogens is 410 g/mol. The third kappa shape index (κ3) is 5.87. The van der Waals surface area contributed by atoms with Gasteiger partial charge in [0.05, 0.1) is 13.7 Å². The number of rotatable bonds is 7. The Hall–Kier alpha value is -3.36. The minimum atomic E-state index is -0.436. The van der Waals surface area contributed by atoms with Gasteiger partial charge in [0.1, 0.15) is 23.9 Å². The number of nitrogens with zero attached hydrogens (tertiary/aromatic N) is 4. The van der Waals surface area contributed by atoms with Crippen LogP contribution in [0.3, 0.4) is 0 Å². The number of carbonyl (C=O) groups is 2. The van der Waals surface area contributed by atoms with E-state index in [1.165, 1.54) is 0 Å². The second-order valence-corrected chi connectivity index (χ2v) is 7.62. The van der Waals surface area contributed by atoms with Gasteiger partial charge in [-0.05, 0) is 38.5 Å². The van der Waals surface area contributed by atoms with Crippen molar-refractivity contribution in [3.8, 4) is 5.75 Å². The third-order valence-electron chi connectivity index (χ3n) is 5.40. The molecule has 32 heavy (non-hydrogen) atoms. The number of nitrogens with one attached hydrogen (secondary N) is 1. The second kappa shape index (κ2) is 10.8. The van der Waals surface area contributed by atoms with E-state index >= 15 is 0 Å². The first kappa shape index (κ1) is 23.3. The Morgan fingerprint density at radius 3 is 2.38 bits per heavy atom. The lowest BCUT2D eigenvalue weighted by molar-refractivity contribution is -0.141. The van der Waals surface area contributed by atoms with E-state index in [1.807, 2.05) is 38.1 Å². The number of hydrogen-bond donors (Lipinski definition) is 1. The predicted octanol–water partition coefficient (Wildman–Crippen LogP) is 2.09. The largest absolute Gasteiger partial charge is 0.497 e. The molecule has 1 saturated heterocycles. The zero-order chi connectivity index (χ0) is 23.1. The number of amides is 2. The van der Waals surface area contributed by atoms with Crippen LogP contribution < -0.4 is 15.0 Å². The Bertz CT molecular complexity index is 940. The molecule has 2 aromatic rings. The van der Waals surface area contributed by atoms with Crippen LogP contribution in [0.5, 0.6) is 5.75 Å². The molecule has 3 rings (SSSR count). The highest BCUT2D eigenvalue weighted by molar-refractivity contribution is 5.81. The second-order valence-electron chi connectivity index (χ2n) is 7.62. The van der Waals surface area contributed by atoms with Crippen LogP contribution in [-0.4, -0.2) is 73.3 Å². The number of piperazine rings is 1. The number of aryl methyl sites for hydroxylation is 2. The van der Waals surface area contributed by atoms with Crippen molar-refractivity contribution in [2.75, 3.05) is 51.3 Å². The highest BCUT2D eigenvalue weighted by Crippen LogP contribution is 2.26. The minimum Gasteiger partial charge on any atom is -0.497 e. The Balaban J connectivity index is 1.68. The number of carbonyl (C=O) groups excluding carboxylic acids is 2. The number of benzene rings is 1. The topological polar surface area (TPSA) is 96.9 Å². The van der Waals surface area contributed by atoms with Gasteiger partial charge >= 0.3 is 12.0 Å². The lowest BCUT2D eigenvalue weighted by atomic mass is 10.0. The zero-order valence-electron chi connectivity index (χ0n) is 19.2. The van der Waals surface area contributed by atoms with Crippen LogP contribution in [0.25, 0.3) is 0 Å². The molecule has 9 nitrogen and oxygen atoms in total. The summed E-state index contributed by atoms with van der Waals surface area (Å²) in [5.41, 5.74) is 3.19. The highest BCUT2D eigenvalue weighted by Gasteiger charge is 2.25. The monoisotopic (exact) mass is 441 g/mol. The summed E-state index contributed by atoms with van der Waals surface area (Å²) in [6, 6.07) is 7.74. The summed E-state index contributed by atoms with van der Waals surface area (Å²) < 4.78 is 10.1. The van der Waals surface area contributed by atoms with Crippen molar-refractivity contribution in [3.63, 3.8) is 0 Å². The molecule has 0 bridgehead atoms. The summed E-state index contributed by atoms with van der Waals surface area (Å²) in [6.45, 7) is 8.20. The molecule has 1 aliphatic rings. The van der Waals surface area contributed by atoms with Crippen molar-refractivity contribution in [2.24, 2.45) is 0 Å². The standard InChI is InChI=1S/C23H31N5O4/c1-5-32-21(29)15-24-23(30)28-12-10-27(11-13-28)22-20(16(2)25-17(3)26-22)14-18-6-8-19(31-4)9-7-18/h6-9H,5,10-15H2,1-4H3,(H,24,30). The predicted molar refractivity (Wildman–Crippen MR) is 121 cm³/mol. The van der Waals surface area contributed by atoms with E-state index in [0.29, 0.717) is 39.2 Å². The molecule has 0 radical (unpaired) electrons. The molecule has 0 atom stereocenters. The molecule has 0 aliphatic carbocycles.